The molecule has 4 unspecified atom stereocenters. The normalized spacial score (nSPS) is 24.5. The molecule has 12 nitrogen and oxygen atoms in total. The first-order valence-electron chi connectivity index (χ1n) is 13.1. The summed E-state index contributed by atoms with van der Waals surface area (Å²) in [6.45, 7) is 2.18. The Morgan fingerprint density at radius 3 is 2.63 bits per heavy atom. The van der Waals surface area contributed by atoms with Crippen molar-refractivity contribution in [3.8, 4) is 0 Å². The van der Waals surface area contributed by atoms with Crippen LogP contribution in [0.3, 0.4) is 0 Å². The monoisotopic (exact) mass is 537 g/mol. The number of nitrogens with one attached hydrogen (secondary N) is 4. The highest BCUT2D eigenvalue weighted by atomic mass is 19.1. The van der Waals surface area contributed by atoms with Crippen LogP contribution in [-0.4, -0.2) is 92.6 Å². The lowest BCUT2D eigenvalue weighted by Crippen LogP contribution is -2.62. The maximum Gasteiger partial charge on any atom is 0.234 e. The average molecular weight is 538 g/mol. The first-order valence-corrected chi connectivity index (χ1v) is 13.1. The van der Waals surface area contributed by atoms with Crippen LogP contribution in [0, 0.1) is 22.6 Å². The molecule has 14 heteroatoms. The molecule has 2 aliphatic heterocycles. The first-order chi connectivity index (χ1) is 18.3. The number of aromatic nitrogens is 1. The van der Waals surface area contributed by atoms with E-state index in [0.717, 1.165) is 12.7 Å². The standard InChI is InChI=1S/C24H37F2N9O3/c1-34-13-15(25)10-31-22(34)19(21(27)33-38)24(37)32-18-12-28-11-17(26)20(18)35-8-4-14(5-9-35)23(36)30-7-6-29-16-2-3-16/h11-12,14-16,19,21-22,29,31H,2-10,13,27H2,1H3,(H,30,36)(H,32,37). The summed E-state index contributed by atoms with van der Waals surface area (Å²) >= 11 is 0. The Morgan fingerprint density at radius 1 is 1.24 bits per heavy atom. The van der Waals surface area contributed by atoms with Crippen molar-refractivity contribution in [3.63, 3.8) is 0 Å². The Balaban J connectivity index is 1.39. The van der Waals surface area contributed by atoms with E-state index in [9.17, 15) is 18.9 Å². The Labute approximate surface area is 220 Å². The minimum absolute atomic E-state index is 0.00329. The van der Waals surface area contributed by atoms with Crippen molar-refractivity contribution in [3.05, 3.63) is 23.1 Å². The molecule has 1 aromatic heterocycles. The van der Waals surface area contributed by atoms with E-state index in [-0.39, 0.29) is 36.3 Å². The third kappa shape index (κ3) is 6.98. The lowest BCUT2D eigenvalue weighted by Gasteiger charge is -2.40. The summed E-state index contributed by atoms with van der Waals surface area (Å²) < 4.78 is 28.8. The van der Waals surface area contributed by atoms with Crippen molar-refractivity contribution < 1.29 is 18.4 Å². The van der Waals surface area contributed by atoms with Crippen LogP contribution in [0.15, 0.2) is 17.6 Å². The minimum atomic E-state index is -1.41. The molecule has 38 heavy (non-hydrogen) atoms. The quantitative estimate of drug-likeness (QED) is 0.195. The van der Waals surface area contributed by atoms with E-state index in [0.29, 0.717) is 38.5 Å². The van der Waals surface area contributed by atoms with Gasteiger partial charge in [-0.3, -0.25) is 24.8 Å². The molecule has 0 radical (unpaired) electrons. The zero-order valence-corrected chi connectivity index (χ0v) is 21.5. The maximum atomic E-state index is 15.0. The van der Waals surface area contributed by atoms with E-state index < -0.39 is 36.1 Å². The lowest BCUT2D eigenvalue weighted by atomic mass is 9.95. The van der Waals surface area contributed by atoms with Crippen LogP contribution in [0.1, 0.15) is 25.7 Å². The van der Waals surface area contributed by atoms with Gasteiger partial charge in [0.15, 0.2) is 12.0 Å². The molecular weight excluding hydrogens is 500 g/mol. The van der Waals surface area contributed by atoms with Crippen LogP contribution in [0.5, 0.6) is 0 Å². The van der Waals surface area contributed by atoms with Crippen molar-refractivity contribution in [1.29, 1.82) is 0 Å². The number of carbonyl (C=O) groups excluding carboxylic acids is 2. The van der Waals surface area contributed by atoms with Gasteiger partial charge in [0.25, 0.3) is 0 Å². The number of alkyl halides is 1. The number of hydrogen-bond donors (Lipinski definition) is 5. The summed E-state index contributed by atoms with van der Waals surface area (Å²) in [5, 5.41) is 14.7. The van der Waals surface area contributed by atoms with Gasteiger partial charge in [-0.15, -0.1) is 4.91 Å². The van der Waals surface area contributed by atoms with Crippen molar-refractivity contribution in [2.75, 3.05) is 56.5 Å². The molecule has 3 aliphatic rings. The Morgan fingerprint density at radius 2 is 1.97 bits per heavy atom. The number of piperidine rings is 1. The lowest BCUT2D eigenvalue weighted by molar-refractivity contribution is -0.125. The molecule has 3 heterocycles. The number of nitrogens with zero attached hydrogens (tertiary/aromatic N) is 4. The third-order valence-corrected chi connectivity index (χ3v) is 7.39. The highest BCUT2D eigenvalue weighted by molar-refractivity contribution is 5.96. The molecule has 1 aromatic rings. The van der Waals surface area contributed by atoms with Crippen molar-refractivity contribution in [2.24, 2.45) is 22.7 Å². The van der Waals surface area contributed by atoms with Crippen molar-refractivity contribution in [2.45, 2.75) is 50.2 Å². The number of amides is 2. The number of nitrogens with two attached hydrogens (primary N) is 1. The van der Waals surface area contributed by atoms with Gasteiger partial charge in [-0.25, -0.2) is 8.78 Å². The summed E-state index contributed by atoms with van der Waals surface area (Å²) in [6.07, 6.45) is 2.54. The summed E-state index contributed by atoms with van der Waals surface area (Å²) in [7, 11) is 1.61. The van der Waals surface area contributed by atoms with Crippen LogP contribution in [0.25, 0.3) is 0 Å². The largest absolute Gasteiger partial charge is 0.367 e. The van der Waals surface area contributed by atoms with Gasteiger partial charge >= 0.3 is 0 Å². The van der Waals surface area contributed by atoms with Gasteiger partial charge in [0.1, 0.15) is 17.8 Å². The summed E-state index contributed by atoms with van der Waals surface area (Å²) in [5.74, 6) is -2.64. The predicted octanol–water partition coefficient (Wildman–Crippen LogP) is 0.110. The van der Waals surface area contributed by atoms with E-state index in [4.69, 9.17) is 5.73 Å². The SMILES string of the molecule is CN1CC(F)CNC1C(C(=O)Nc1cncc(F)c1N1CCC(C(=O)NCCNC2CC2)CC1)C(N)N=O. The number of anilines is 2. The van der Waals surface area contributed by atoms with Crippen LogP contribution < -0.4 is 31.9 Å². The van der Waals surface area contributed by atoms with Gasteiger partial charge in [-0.05, 0) is 32.7 Å². The van der Waals surface area contributed by atoms with E-state index in [1.54, 1.807) is 16.8 Å². The van der Waals surface area contributed by atoms with Crippen LogP contribution >= 0.6 is 0 Å². The fourth-order valence-corrected chi connectivity index (χ4v) is 5.16. The molecule has 2 saturated heterocycles. The van der Waals surface area contributed by atoms with E-state index >= 15 is 4.39 Å². The minimum Gasteiger partial charge on any atom is -0.367 e. The Kier molecular flexibility index (Phi) is 9.52. The highest BCUT2D eigenvalue weighted by Crippen LogP contribution is 2.33. The topological polar surface area (TPSA) is 157 Å². The first kappa shape index (κ1) is 28.2. The van der Waals surface area contributed by atoms with Gasteiger partial charge < -0.3 is 26.6 Å². The van der Waals surface area contributed by atoms with E-state index in [1.165, 1.54) is 19.0 Å². The molecule has 3 fully saturated rings. The molecule has 2 amide bonds. The fraction of sp³-hybridized carbons (Fsp3) is 0.708. The van der Waals surface area contributed by atoms with Crippen molar-refractivity contribution in [1.82, 2.24) is 25.8 Å². The predicted molar refractivity (Wildman–Crippen MR) is 138 cm³/mol. The molecule has 4 atom stereocenters. The molecule has 0 bridgehead atoms. The molecule has 1 aliphatic carbocycles. The van der Waals surface area contributed by atoms with E-state index in [2.05, 4.69) is 31.4 Å². The summed E-state index contributed by atoms with van der Waals surface area (Å²) in [5.41, 5.74) is 6.15. The van der Waals surface area contributed by atoms with Gasteiger partial charge in [-0.2, -0.15) is 0 Å². The number of hydrogen-bond acceptors (Lipinski definition) is 10. The fourth-order valence-electron chi connectivity index (χ4n) is 5.16. The number of pyridine rings is 1. The Bertz CT molecular complexity index is 991. The Hall–Kier alpha value is -2.81. The molecule has 6 N–H and O–H groups in total. The van der Waals surface area contributed by atoms with Gasteiger partial charge in [0.2, 0.25) is 11.8 Å². The smallest absolute Gasteiger partial charge is 0.234 e. The second-order valence-corrected chi connectivity index (χ2v) is 10.3. The second-order valence-electron chi connectivity index (χ2n) is 10.3. The third-order valence-electron chi connectivity index (χ3n) is 7.39. The molecular formula is C24H37F2N9O3. The average Bonchev–Trinajstić information content (AvgIpc) is 3.72. The summed E-state index contributed by atoms with van der Waals surface area (Å²) in [4.78, 5) is 44.4. The van der Waals surface area contributed by atoms with Gasteiger partial charge in [0, 0.05) is 51.2 Å². The molecule has 1 saturated carbocycles. The number of carbonyl (C=O) groups is 2. The molecule has 0 aromatic carbocycles. The van der Waals surface area contributed by atoms with Gasteiger partial charge in [-0.1, -0.05) is 5.18 Å². The molecule has 0 spiro atoms. The summed E-state index contributed by atoms with van der Waals surface area (Å²) in [6, 6.07) is 0.586. The number of nitroso groups, excluding NO2 is 1. The second kappa shape index (κ2) is 12.8. The van der Waals surface area contributed by atoms with Crippen LogP contribution in [-0.2, 0) is 9.59 Å². The van der Waals surface area contributed by atoms with Crippen LogP contribution in [0.4, 0.5) is 20.2 Å². The van der Waals surface area contributed by atoms with Crippen LogP contribution in [0.2, 0.25) is 0 Å². The van der Waals surface area contributed by atoms with Crippen molar-refractivity contribution >= 4 is 23.2 Å². The molecule has 210 valence electrons. The highest BCUT2D eigenvalue weighted by Gasteiger charge is 2.40. The van der Waals surface area contributed by atoms with E-state index in [1.807, 2.05) is 0 Å². The zero-order chi connectivity index (χ0) is 27.2. The zero-order valence-electron chi connectivity index (χ0n) is 21.5. The number of rotatable bonds is 11. The maximum absolute atomic E-state index is 15.0. The number of halogens is 2. The van der Waals surface area contributed by atoms with Gasteiger partial charge in [0.05, 0.1) is 24.2 Å². The molecule has 4 rings (SSSR count).